The van der Waals surface area contributed by atoms with Crippen LogP contribution in [0.3, 0.4) is 0 Å². The van der Waals surface area contributed by atoms with Gasteiger partial charge in [0, 0.05) is 17.9 Å². The molecule has 0 aliphatic heterocycles. The molecule has 33 heavy (non-hydrogen) atoms. The first-order chi connectivity index (χ1) is 15.8. The van der Waals surface area contributed by atoms with Gasteiger partial charge in [0.2, 0.25) is 11.8 Å². The number of rotatable bonds is 9. The summed E-state index contributed by atoms with van der Waals surface area (Å²) < 4.78 is 1.88. The Morgan fingerprint density at radius 1 is 0.970 bits per heavy atom. The quantitative estimate of drug-likeness (QED) is 0.447. The minimum absolute atomic E-state index is 0.0937. The first-order valence-corrected chi connectivity index (χ1v) is 12.1. The lowest BCUT2D eigenvalue weighted by molar-refractivity contribution is -0.116. The van der Waals surface area contributed by atoms with E-state index >= 15 is 0 Å². The van der Waals surface area contributed by atoms with E-state index in [1.165, 1.54) is 11.8 Å². The van der Waals surface area contributed by atoms with Crippen LogP contribution in [-0.4, -0.2) is 32.3 Å². The number of para-hydroxylation sites is 1. The number of carbonyl (C=O) groups is 2. The van der Waals surface area contributed by atoms with Gasteiger partial charge in [-0.25, -0.2) is 0 Å². The van der Waals surface area contributed by atoms with Crippen molar-refractivity contribution in [2.75, 3.05) is 16.4 Å². The zero-order chi connectivity index (χ0) is 24.0. The SMILES string of the molecule is CCc1cccc(C)c1NC(=O)CSc1nnc(CC(=O)Nc2ccc(C)cc2C)n1CC. The third-order valence-corrected chi connectivity index (χ3v) is 6.39. The molecule has 7 nitrogen and oxygen atoms in total. The lowest BCUT2D eigenvalue weighted by Gasteiger charge is -2.13. The van der Waals surface area contributed by atoms with Crippen LogP contribution in [0.15, 0.2) is 41.6 Å². The van der Waals surface area contributed by atoms with Crippen molar-refractivity contribution in [1.82, 2.24) is 14.8 Å². The van der Waals surface area contributed by atoms with Crippen LogP contribution in [-0.2, 0) is 29.0 Å². The van der Waals surface area contributed by atoms with Gasteiger partial charge in [0.1, 0.15) is 5.82 Å². The van der Waals surface area contributed by atoms with Gasteiger partial charge >= 0.3 is 0 Å². The van der Waals surface area contributed by atoms with Gasteiger partial charge in [-0.15, -0.1) is 10.2 Å². The van der Waals surface area contributed by atoms with Gasteiger partial charge in [-0.2, -0.15) is 0 Å². The van der Waals surface area contributed by atoms with E-state index in [1.807, 2.05) is 68.7 Å². The second kappa shape index (κ2) is 11.1. The normalized spacial score (nSPS) is 10.8. The maximum Gasteiger partial charge on any atom is 0.234 e. The fourth-order valence-electron chi connectivity index (χ4n) is 3.67. The largest absolute Gasteiger partial charge is 0.325 e. The van der Waals surface area contributed by atoms with Gasteiger partial charge < -0.3 is 15.2 Å². The molecule has 2 N–H and O–H groups in total. The topological polar surface area (TPSA) is 88.9 Å². The fraction of sp³-hybridized carbons (Fsp3) is 0.360. The Hall–Kier alpha value is -3.13. The highest BCUT2D eigenvalue weighted by Crippen LogP contribution is 2.23. The summed E-state index contributed by atoms with van der Waals surface area (Å²) in [4.78, 5) is 25.2. The summed E-state index contributed by atoms with van der Waals surface area (Å²) in [7, 11) is 0. The van der Waals surface area contributed by atoms with Crippen LogP contribution in [0.25, 0.3) is 0 Å². The molecule has 0 unspecified atom stereocenters. The number of aryl methyl sites for hydroxylation is 4. The van der Waals surface area contributed by atoms with Crippen molar-refractivity contribution < 1.29 is 9.59 Å². The van der Waals surface area contributed by atoms with E-state index in [1.54, 1.807) is 0 Å². The Bertz CT molecular complexity index is 1160. The lowest BCUT2D eigenvalue weighted by atomic mass is 10.1. The zero-order valence-electron chi connectivity index (χ0n) is 19.9. The number of nitrogens with zero attached hydrogens (tertiary/aromatic N) is 3. The van der Waals surface area contributed by atoms with Gasteiger partial charge in [-0.1, -0.05) is 54.6 Å². The highest BCUT2D eigenvalue weighted by atomic mass is 32.2. The molecule has 1 heterocycles. The number of anilines is 2. The molecule has 2 aromatic carbocycles. The fourth-order valence-corrected chi connectivity index (χ4v) is 4.49. The number of amides is 2. The van der Waals surface area contributed by atoms with E-state index in [9.17, 15) is 9.59 Å². The van der Waals surface area contributed by atoms with Crippen molar-refractivity contribution >= 4 is 35.0 Å². The molecule has 0 spiro atoms. The van der Waals surface area contributed by atoms with Crippen molar-refractivity contribution in [1.29, 1.82) is 0 Å². The Morgan fingerprint density at radius 2 is 1.76 bits per heavy atom. The van der Waals surface area contributed by atoms with Gasteiger partial charge in [0.05, 0.1) is 12.2 Å². The van der Waals surface area contributed by atoms with E-state index in [0.29, 0.717) is 17.5 Å². The molecule has 0 bridgehead atoms. The van der Waals surface area contributed by atoms with E-state index < -0.39 is 0 Å². The molecule has 1 aromatic heterocycles. The van der Waals surface area contributed by atoms with Crippen LogP contribution in [0.5, 0.6) is 0 Å². The molecule has 0 saturated carbocycles. The number of benzene rings is 2. The molecule has 0 aliphatic rings. The average Bonchev–Trinajstić information content (AvgIpc) is 3.16. The van der Waals surface area contributed by atoms with Crippen molar-refractivity contribution in [3.8, 4) is 0 Å². The molecule has 0 fully saturated rings. The number of hydrogen-bond donors (Lipinski definition) is 2. The predicted octanol–water partition coefficient (Wildman–Crippen LogP) is 4.70. The smallest absolute Gasteiger partial charge is 0.234 e. The van der Waals surface area contributed by atoms with Gasteiger partial charge in [0.15, 0.2) is 5.16 Å². The molecule has 174 valence electrons. The van der Waals surface area contributed by atoms with Crippen molar-refractivity contribution in [2.45, 2.75) is 59.2 Å². The zero-order valence-corrected chi connectivity index (χ0v) is 20.7. The number of thioether (sulfide) groups is 1. The van der Waals surface area contributed by atoms with Crippen molar-refractivity contribution in [3.05, 3.63) is 64.5 Å². The Balaban J connectivity index is 1.62. The summed E-state index contributed by atoms with van der Waals surface area (Å²) in [5, 5.41) is 15.0. The van der Waals surface area contributed by atoms with Crippen molar-refractivity contribution in [3.63, 3.8) is 0 Å². The molecule has 0 saturated heterocycles. The van der Waals surface area contributed by atoms with Crippen LogP contribution in [0, 0.1) is 20.8 Å². The minimum Gasteiger partial charge on any atom is -0.325 e. The molecule has 0 atom stereocenters. The second-order valence-electron chi connectivity index (χ2n) is 7.99. The molecular formula is C25H31N5O2S. The van der Waals surface area contributed by atoms with Gasteiger partial charge in [0.25, 0.3) is 0 Å². The van der Waals surface area contributed by atoms with Crippen LogP contribution in [0.1, 0.15) is 41.9 Å². The molecule has 3 aromatic rings. The number of carbonyl (C=O) groups excluding carboxylic acids is 2. The number of hydrogen-bond acceptors (Lipinski definition) is 5. The summed E-state index contributed by atoms with van der Waals surface area (Å²) in [6.45, 7) is 10.6. The Labute approximate surface area is 199 Å². The Morgan fingerprint density at radius 3 is 2.45 bits per heavy atom. The number of aromatic nitrogens is 3. The van der Waals surface area contributed by atoms with E-state index in [4.69, 9.17) is 0 Å². The monoisotopic (exact) mass is 465 g/mol. The third-order valence-electron chi connectivity index (χ3n) is 5.42. The summed E-state index contributed by atoms with van der Waals surface area (Å²) in [6, 6.07) is 11.9. The maximum atomic E-state index is 12.6. The van der Waals surface area contributed by atoms with Crippen LogP contribution in [0.2, 0.25) is 0 Å². The molecule has 0 aliphatic carbocycles. The summed E-state index contributed by atoms with van der Waals surface area (Å²) in [5.41, 5.74) is 6.00. The van der Waals surface area contributed by atoms with E-state index in [0.717, 1.165) is 40.0 Å². The van der Waals surface area contributed by atoms with Crippen LogP contribution >= 0.6 is 11.8 Å². The first kappa shape index (κ1) is 24.5. The highest BCUT2D eigenvalue weighted by molar-refractivity contribution is 7.99. The summed E-state index contributed by atoms with van der Waals surface area (Å²) >= 11 is 1.32. The molecule has 8 heteroatoms. The van der Waals surface area contributed by atoms with Gasteiger partial charge in [-0.05, 0) is 56.9 Å². The predicted molar refractivity (Wildman–Crippen MR) is 134 cm³/mol. The molecule has 3 rings (SSSR count). The van der Waals surface area contributed by atoms with Gasteiger partial charge in [-0.3, -0.25) is 9.59 Å². The number of nitrogens with one attached hydrogen (secondary N) is 2. The standard InChI is InChI=1S/C25H31N5O2S/c1-6-19-10-8-9-17(4)24(19)27-23(32)15-33-25-29-28-21(30(25)7-2)14-22(31)26-20-12-11-16(3)13-18(20)5/h8-13H,6-7,14-15H2,1-5H3,(H,26,31)(H,27,32). The summed E-state index contributed by atoms with van der Waals surface area (Å²) in [6.07, 6.45) is 0.964. The Kier molecular flexibility index (Phi) is 8.27. The van der Waals surface area contributed by atoms with Crippen LogP contribution < -0.4 is 10.6 Å². The summed E-state index contributed by atoms with van der Waals surface area (Å²) in [5.74, 6) is 0.549. The van der Waals surface area contributed by atoms with E-state index in [2.05, 4.69) is 27.8 Å². The highest BCUT2D eigenvalue weighted by Gasteiger charge is 2.17. The average molecular weight is 466 g/mol. The maximum absolute atomic E-state index is 12.6. The van der Waals surface area contributed by atoms with E-state index in [-0.39, 0.29) is 24.0 Å². The third kappa shape index (κ3) is 6.22. The van der Waals surface area contributed by atoms with Crippen molar-refractivity contribution in [2.24, 2.45) is 0 Å². The van der Waals surface area contributed by atoms with Crippen LogP contribution in [0.4, 0.5) is 11.4 Å². The minimum atomic E-state index is -0.148. The first-order valence-electron chi connectivity index (χ1n) is 11.1. The molecular weight excluding hydrogens is 434 g/mol. The lowest BCUT2D eigenvalue weighted by Crippen LogP contribution is -2.19. The second-order valence-corrected chi connectivity index (χ2v) is 8.93. The molecule has 2 amide bonds. The molecule has 0 radical (unpaired) electrons.